The Hall–Kier alpha value is -4.04. The van der Waals surface area contributed by atoms with Gasteiger partial charge in [0.2, 0.25) is 0 Å². The van der Waals surface area contributed by atoms with Crippen LogP contribution >= 0.6 is 11.3 Å². The molecule has 45 heavy (non-hydrogen) atoms. The van der Waals surface area contributed by atoms with Crippen LogP contribution in [0.1, 0.15) is 27.8 Å². The van der Waals surface area contributed by atoms with Crippen molar-refractivity contribution in [3.8, 4) is 0 Å². The first-order valence-corrected chi connectivity index (χ1v) is 16.2. The molecule has 1 aliphatic rings. The minimum atomic E-state index is -0.514. The second-order valence-corrected chi connectivity index (χ2v) is 11.8. The predicted octanol–water partition coefficient (Wildman–Crippen LogP) is 8.46. The molecule has 5 nitrogen and oxygen atoms in total. The molecular formula is C39H38O5S. The molecule has 0 unspecified atom stereocenters. The Morgan fingerprint density at radius 3 is 1.56 bits per heavy atom. The first kappa shape index (κ1) is 31.0. The fourth-order valence-electron chi connectivity index (χ4n) is 5.34. The van der Waals surface area contributed by atoms with Gasteiger partial charge in [0, 0.05) is 0 Å². The van der Waals surface area contributed by atoms with Crippen molar-refractivity contribution in [1.82, 2.24) is 0 Å². The lowest BCUT2D eigenvalue weighted by atomic mass is 9.96. The average Bonchev–Trinajstić information content (AvgIpc) is 3.61. The molecule has 0 aliphatic carbocycles. The molecule has 4 aromatic carbocycles. The van der Waals surface area contributed by atoms with E-state index in [1.54, 1.807) is 11.3 Å². The van der Waals surface area contributed by atoms with Crippen molar-refractivity contribution in [3.63, 3.8) is 0 Å². The van der Waals surface area contributed by atoms with Crippen molar-refractivity contribution in [3.05, 3.63) is 172 Å². The normalized spacial score (nSPS) is 20.6. The highest BCUT2D eigenvalue weighted by Gasteiger charge is 2.46. The topological polar surface area (TPSA) is 46.2 Å². The number of ether oxygens (including phenoxy) is 5. The van der Waals surface area contributed by atoms with E-state index >= 15 is 0 Å². The summed E-state index contributed by atoms with van der Waals surface area (Å²) < 4.78 is 33.3. The van der Waals surface area contributed by atoms with Crippen LogP contribution in [0.3, 0.4) is 0 Å². The lowest BCUT2D eigenvalue weighted by Gasteiger charge is -2.43. The van der Waals surface area contributed by atoms with Crippen molar-refractivity contribution in [2.24, 2.45) is 0 Å². The van der Waals surface area contributed by atoms with Crippen LogP contribution < -0.4 is 0 Å². The summed E-state index contributed by atoms with van der Waals surface area (Å²) in [5.74, 6) is 0.704. The zero-order chi connectivity index (χ0) is 30.5. The summed E-state index contributed by atoms with van der Waals surface area (Å²) in [6, 6.07) is 42.8. The maximum Gasteiger partial charge on any atom is 0.150 e. The second-order valence-electron chi connectivity index (χ2n) is 11.0. The Morgan fingerprint density at radius 2 is 1.04 bits per heavy atom. The third-order valence-electron chi connectivity index (χ3n) is 7.65. The van der Waals surface area contributed by atoms with E-state index in [1.807, 2.05) is 72.8 Å². The molecule has 0 bridgehead atoms. The molecule has 4 atom stereocenters. The molecular weight excluding hydrogens is 580 g/mol. The van der Waals surface area contributed by atoms with E-state index in [1.165, 1.54) is 0 Å². The van der Waals surface area contributed by atoms with Crippen LogP contribution in [0, 0.1) is 0 Å². The molecule has 5 aromatic rings. The average molecular weight is 619 g/mol. The van der Waals surface area contributed by atoms with Gasteiger partial charge in [-0.1, -0.05) is 121 Å². The number of hydrogen-bond acceptors (Lipinski definition) is 6. The van der Waals surface area contributed by atoms with Crippen LogP contribution in [-0.2, 0) is 50.1 Å². The molecule has 1 aromatic heterocycles. The number of benzene rings is 4. The van der Waals surface area contributed by atoms with Gasteiger partial charge in [-0.25, -0.2) is 0 Å². The van der Waals surface area contributed by atoms with E-state index in [-0.39, 0.29) is 0 Å². The first-order chi connectivity index (χ1) is 22.3. The lowest BCUT2D eigenvalue weighted by Crippen LogP contribution is -2.56. The summed E-state index contributed by atoms with van der Waals surface area (Å²) in [4.78, 5) is 0. The smallest absolute Gasteiger partial charge is 0.150 e. The second kappa shape index (κ2) is 16.3. The molecule has 0 N–H and O–H groups in total. The number of thiophene rings is 1. The molecule has 0 amide bonds. The molecule has 6 rings (SSSR count). The van der Waals surface area contributed by atoms with Crippen LogP contribution in [0.15, 0.2) is 144 Å². The zero-order valence-corrected chi connectivity index (χ0v) is 26.0. The van der Waals surface area contributed by atoms with Crippen LogP contribution in [0.4, 0.5) is 0 Å². The fraction of sp³-hybridized carbons (Fsp3) is 0.231. The van der Waals surface area contributed by atoms with Crippen LogP contribution in [-0.4, -0.2) is 31.0 Å². The van der Waals surface area contributed by atoms with E-state index in [0.717, 1.165) is 27.8 Å². The highest BCUT2D eigenvalue weighted by atomic mass is 32.1. The summed E-state index contributed by atoms with van der Waals surface area (Å²) in [5.41, 5.74) is 5.38. The third-order valence-corrected chi connectivity index (χ3v) is 8.35. The van der Waals surface area contributed by atoms with Gasteiger partial charge < -0.3 is 23.7 Å². The van der Waals surface area contributed by atoms with Crippen LogP contribution in [0.25, 0.3) is 6.08 Å². The molecule has 0 saturated carbocycles. The SMILES string of the molecule is C(=C1/O[C@H](COCc2ccccc2)[C@@H](OCc2ccccc2)[C@H](OCc2ccccc2)[C@@H]1OCc1ccccc1)/c1ccsc1. The van der Waals surface area contributed by atoms with Gasteiger partial charge in [-0.2, -0.15) is 11.3 Å². The number of hydrogen-bond donors (Lipinski definition) is 0. The van der Waals surface area contributed by atoms with Gasteiger partial charge in [0.05, 0.1) is 33.0 Å². The molecule has 2 heterocycles. The maximum atomic E-state index is 6.79. The van der Waals surface area contributed by atoms with Gasteiger partial charge in [0.1, 0.15) is 24.1 Å². The highest BCUT2D eigenvalue weighted by molar-refractivity contribution is 7.08. The van der Waals surface area contributed by atoms with Gasteiger partial charge in [0.15, 0.2) is 6.10 Å². The molecule has 1 fully saturated rings. The van der Waals surface area contributed by atoms with Crippen LogP contribution in [0.5, 0.6) is 0 Å². The quantitative estimate of drug-likeness (QED) is 0.125. The summed E-state index contributed by atoms with van der Waals surface area (Å²) in [7, 11) is 0. The molecule has 230 valence electrons. The Balaban J connectivity index is 1.32. The van der Waals surface area contributed by atoms with Crippen molar-refractivity contribution in [1.29, 1.82) is 0 Å². The summed E-state index contributed by atoms with van der Waals surface area (Å²) >= 11 is 1.64. The van der Waals surface area contributed by atoms with Gasteiger partial charge in [-0.05, 0) is 50.7 Å². The van der Waals surface area contributed by atoms with Gasteiger partial charge >= 0.3 is 0 Å². The molecule has 1 saturated heterocycles. The monoisotopic (exact) mass is 618 g/mol. The van der Waals surface area contributed by atoms with E-state index in [2.05, 4.69) is 71.4 Å². The lowest BCUT2D eigenvalue weighted by molar-refractivity contribution is -0.222. The largest absolute Gasteiger partial charge is 0.487 e. The summed E-state index contributed by atoms with van der Waals surface area (Å²) in [6.45, 7) is 2.02. The van der Waals surface area contributed by atoms with Crippen molar-refractivity contribution < 1.29 is 23.7 Å². The Kier molecular flexibility index (Phi) is 11.2. The maximum absolute atomic E-state index is 6.79. The third kappa shape index (κ3) is 9.01. The minimum absolute atomic E-state index is 0.325. The highest BCUT2D eigenvalue weighted by Crippen LogP contribution is 2.34. The molecule has 0 spiro atoms. The Morgan fingerprint density at radius 1 is 0.556 bits per heavy atom. The summed E-state index contributed by atoms with van der Waals surface area (Å²) in [5, 5.41) is 4.16. The molecule has 0 radical (unpaired) electrons. The van der Waals surface area contributed by atoms with E-state index in [9.17, 15) is 0 Å². The van der Waals surface area contributed by atoms with E-state index in [4.69, 9.17) is 23.7 Å². The van der Waals surface area contributed by atoms with Gasteiger partial charge in [0.25, 0.3) is 0 Å². The molecule has 1 aliphatic heterocycles. The standard InChI is InChI=1S/C39H38O5S/c1-5-13-30(14-6-1)24-40-28-36-38(42-26-32-17-9-3-10-18-32)39(43-27-33-19-11-4-12-20-33)37(41-25-31-15-7-2-8-16-31)35(44-36)23-34-21-22-45-29-34/h1-23,29,36-39H,24-28H2/b35-23-/t36-,37-,38-,39-/m1/s1. The van der Waals surface area contributed by atoms with Gasteiger partial charge in [-0.15, -0.1) is 0 Å². The Bertz CT molecular complexity index is 1560. The first-order valence-electron chi connectivity index (χ1n) is 15.3. The van der Waals surface area contributed by atoms with Crippen LogP contribution in [0.2, 0.25) is 0 Å². The predicted molar refractivity (Wildman–Crippen MR) is 178 cm³/mol. The number of rotatable bonds is 14. The van der Waals surface area contributed by atoms with Crippen molar-refractivity contribution in [2.45, 2.75) is 50.8 Å². The molecule has 6 heteroatoms. The van der Waals surface area contributed by atoms with Crippen molar-refractivity contribution >= 4 is 17.4 Å². The Labute approximate surface area is 269 Å². The van der Waals surface area contributed by atoms with E-state index in [0.29, 0.717) is 38.8 Å². The minimum Gasteiger partial charge on any atom is -0.487 e. The zero-order valence-electron chi connectivity index (χ0n) is 25.2. The van der Waals surface area contributed by atoms with E-state index < -0.39 is 24.4 Å². The van der Waals surface area contributed by atoms with Gasteiger partial charge in [-0.3, -0.25) is 0 Å². The van der Waals surface area contributed by atoms with Crippen molar-refractivity contribution in [2.75, 3.05) is 6.61 Å². The summed E-state index contributed by atoms with van der Waals surface area (Å²) in [6.07, 6.45) is 0.175. The fourth-order valence-corrected chi connectivity index (χ4v) is 5.96.